The lowest BCUT2D eigenvalue weighted by molar-refractivity contribution is 0.174. The topological polar surface area (TPSA) is 84.2 Å². The van der Waals surface area contributed by atoms with Crippen molar-refractivity contribution in [3.05, 3.63) is 84.8 Å². The molecule has 0 radical (unpaired) electrons. The number of aromatic nitrogens is 2. The quantitative estimate of drug-likeness (QED) is 0.195. The maximum absolute atomic E-state index is 13.3. The summed E-state index contributed by atoms with van der Waals surface area (Å²) in [6, 6.07) is 14.9. The van der Waals surface area contributed by atoms with E-state index < -0.39 is 0 Å². The zero-order chi connectivity index (χ0) is 26.6. The minimum absolute atomic E-state index is 0.219. The Morgan fingerprint density at radius 3 is 2.71 bits per heavy atom. The van der Waals surface area contributed by atoms with E-state index in [4.69, 9.17) is 23.9 Å². The first-order valence-corrected chi connectivity index (χ1v) is 13.8. The summed E-state index contributed by atoms with van der Waals surface area (Å²) < 4.78 is 25.7. The first-order chi connectivity index (χ1) is 18.5. The van der Waals surface area contributed by atoms with Gasteiger partial charge in [-0.3, -0.25) is 4.79 Å². The molecule has 4 aromatic rings. The Kier molecular flexibility index (Phi) is 7.99. The van der Waals surface area contributed by atoms with Crippen LogP contribution in [0.25, 0.3) is 10.9 Å². The molecule has 10 heteroatoms. The van der Waals surface area contributed by atoms with Gasteiger partial charge in [0.25, 0.3) is 5.56 Å². The van der Waals surface area contributed by atoms with Crippen LogP contribution < -0.4 is 24.5 Å². The Labute approximate surface area is 236 Å². The number of benzene rings is 3. The van der Waals surface area contributed by atoms with Crippen LogP contribution in [0.5, 0.6) is 23.0 Å². The number of halogens is 2. The van der Waals surface area contributed by atoms with E-state index in [1.54, 1.807) is 12.3 Å². The van der Waals surface area contributed by atoms with E-state index >= 15 is 0 Å². The smallest absolute Gasteiger partial charge is 0.282 e. The van der Waals surface area contributed by atoms with Gasteiger partial charge in [-0.2, -0.15) is 9.78 Å². The molecule has 0 atom stereocenters. The molecular formula is C28H25Br2N3O5. The van der Waals surface area contributed by atoms with Gasteiger partial charge < -0.3 is 18.9 Å². The Hall–Kier alpha value is -3.37. The van der Waals surface area contributed by atoms with Crippen molar-refractivity contribution in [2.24, 2.45) is 5.10 Å². The number of nitrogens with zero attached hydrogens (tertiary/aromatic N) is 3. The molecule has 38 heavy (non-hydrogen) atoms. The fraction of sp³-hybridized carbons (Fsp3) is 0.250. The molecule has 8 nitrogen and oxygen atoms in total. The van der Waals surface area contributed by atoms with Gasteiger partial charge in [-0.05, 0) is 82.9 Å². The second-order valence-electron chi connectivity index (χ2n) is 8.54. The molecule has 0 saturated carbocycles. The molecule has 0 fully saturated rings. The lowest BCUT2D eigenvalue weighted by atomic mass is 10.2. The van der Waals surface area contributed by atoms with Crippen LogP contribution in [0.3, 0.4) is 0 Å². The first-order valence-electron chi connectivity index (χ1n) is 12.2. The summed E-state index contributed by atoms with van der Waals surface area (Å²) >= 11 is 7.05. The lowest BCUT2D eigenvalue weighted by Gasteiger charge is -2.15. The predicted molar refractivity (Wildman–Crippen MR) is 153 cm³/mol. The first kappa shape index (κ1) is 26.2. The van der Waals surface area contributed by atoms with E-state index in [9.17, 15) is 4.79 Å². The van der Waals surface area contributed by atoms with Gasteiger partial charge in [-0.25, -0.2) is 4.98 Å². The minimum atomic E-state index is -0.219. The number of fused-ring (bicyclic) bond motifs is 2. The lowest BCUT2D eigenvalue weighted by Crippen LogP contribution is -2.22. The molecule has 0 unspecified atom stereocenters. The normalized spacial score (nSPS) is 12.4. The monoisotopic (exact) mass is 641 g/mol. The SMILES string of the molecule is CCCc1nc2ccc(Br)cc2c(=O)n1N=Cc1cc(Br)c(OCc2ccc3c(c2)OCO3)c(OCC)c1. The zero-order valence-corrected chi connectivity index (χ0v) is 24.0. The molecule has 5 rings (SSSR count). The largest absolute Gasteiger partial charge is 0.490 e. The van der Waals surface area contributed by atoms with Gasteiger partial charge in [0, 0.05) is 10.9 Å². The zero-order valence-electron chi connectivity index (χ0n) is 20.9. The van der Waals surface area contributed by atoms with Crippen LogP contribution in [0.2, 0.25) is 0 Å². The van der Waals surface area contributed by atoms with Crippen LogP contribution in [-0.2, 0) is 13.0 Å². The molecule has 2 heterocycles. The average molecular weight is 643 g/mol. The van der Waals surface area contributed by atoms with Gasteiger partial charge in [0.1, 0.15) is 12.4 Å². The van der Waals surface area contributed by atoms with Crippen molar-refractivity contribution < 1.29 is 18.9 Å². The summed E-state index contributed by atoms with van der Waals surface area (Å²) in [4.78, 5) is 18.0. The molecule has 0 N–H and O–H groups in total. The van der Waals surface area contributed by atoms with Crippen molar-refractivity contribution in [1.82, 2.24) is 9.66 Å². The van der Waals surface area contributed by atoms with Crippen molar-refractivity contribution >= 4 is 49.0 Å². The maximum Gasteiger partial charge on any atom is 0.282 e. The Morgan fingerprint density at radius 1 is 1.05 bits per heavy atom. The van der Waals surface area contributed by atoms with Gasteiger partial charge in [-0.1, -0.05) is 28.9 Å². The molecule has 0 spiro atoms. The third kappa shape index (κ3) is 5.56. The van der Waals surface area contributed by atoms with E-state index in [1.807, 2.05) is 56.3 Å². The number of aryl methyl sites for hydroxylation is 1. The minimum Gasteiger partial charge on any atom is -0.490 e. The summed E-state index contributed by atoms with van der Waals surface area (Å²) in [7, 11) is 0. The fourth-order valence-electron chi connectivity index (χ4n) is 4.08. The molecule has 1 aliphatic rings. The van der Waals surface area contributed by atoms with Crippen LogP contribution in [0.4, 0.5) is 0 Å². The van der Waals surface area contributed by atoms with Crippen molar-refractivity contribution in [3.63, 3.8) is 0 Å². The fourth-order valence-corrected chi connectivity index (χ4v) is 5.01. The van der Waals surface area contributed by atoms with Crippen LogP contribution in [0.15, 0.2) is 67.4 Å². The second kappa shape index (κ2) is 11.6. The van der Waals surface area contributed by atoms with Crippen molar-refractivity contribution in [2.75, 3.05) is 13.4 Å². The maximum atomic E-state index is 13.3. The Balaban J connectivity index is 1.45. The summed E-state index contributed by atoms with van der Waals surface area (Å²) in [5, 5.41) is 5.03. The highest BCUT2D eigenvalue weighted by Crippen LogP contribution is 2.38. The number of rotatable bonds is 9. The van der Waals surface area contributed by atoms with Gasteiger partial charge in [0.15, 0.2) is 23.0 Å². The molecule has 1 aliphatic heterocycles. The van der Waals surface area contributed by atoms with Crippen LogP contribution in [0, 0.1) is 0 Å². The number of ether oxygens (including phenoxy) is 4. The number of hydrogen-bond donors (Lipinski definition) is 0. The summed E-state index contributed by atoms with van der Waals surface area (Å²) in [5.41, 5.74) is 2.11. The Bertz CT molecular complexity index is 1590. The van der Waals surface area contributed by atoms with Gasteiger partial charge in [0.2, 0.25) is 6.79 Å². The second-order valence-corrected chi connectivity index (χ2v) is 10.3. The molecule has 1 aromatic heterocycles. The van der Waals surface area contributed by atoms with E-state index in [0.717, 1.165) is 27.8 Å². The van der Waals surface area contributed by atoms with Crippen molar-refractivity contribution in [1.29, 1.82) is 0 Å². The van der Waals surface area contributed by atoms with Crippen LogP contribution in [-0.4, -0.2) is 29.3 Å². The molecule has 0 aliphatic carbocycles. The molecule has 0 bridgehead atoms. The molecule has 0 amide bonds. The van der Waals surface area contributed by atoms with Crippen LogP contribution >= 0.6 is 31.9 Å². The van der Waals surface area contributed by atoms with Crippen molar-refractivity contribution in [3.8, 4) is 23.0 Å². The van der Waals surface area contributed by atoms with E-state index in [2.05, 4.69) is 37.0 Å². The van der Waals surface area contributed by atoms with Gasteiger partial charge in [0.05, 0.1) is 28.2 Å². The summed E-state index contributed by atoms with van der Waals surface area (Å²) in [6.45, 7) is 4.95. The standard InChI is InChI=1S/C28H25Br2N3O5/c1-3-5-26-32-22-8-7-19(29)13-20(22)28(34)33(26)31-14-18-10-21(30)27(25(12-18)35-4-2)36-15-17-6-9-23-24(11-17)38-16-37-23/h6-14H,3-5,15-16H2,1-2H3. The van der Waals surface area contributed by atoms with Crippen molar-refractivity contribution in [2.45, 2.75) is 33.3 Å². The highest BCUT2D eigenvalue weighted by Gasteiger charge is 2.16. The third-order valence-corrected chi connectivity index (χ3v) is 6.91. The van der Waals surface area contributed by atoms with E-state index in [-0.39, 0.29) is 12.4 Å². The third-order valence-electron chi connectivity index (χ3n) is 5.82. The average Bonchev–Trinajstić information content (AvgIpc) is 3.37. The molecule has 196 valence electrons. The van der Waals surface area contributed by atoms with Gasteiger partial charge in [-0.15, -0.1) is 0 Å². The summed E-state index contributed by atoms with van der Waals surface area (Å²) in [6.07, 6.45) is 3.08. The van der Waals surface area contributed by atoms with E-state index in [1.165, 1.54) is 4.68 Å². The Morgan fingerprint density at radius 2 is 1.89 bits per heavy atom. The van der Waals surface area contributed by atoms with Gasteiger partial charge >= 0.3 is 0 Å². The molecule has 0 saturated heterocycles. The van der Waals surface area contributed by atoms with Crippen LogP contribution in [0.1, 0.15) is 37.2 Å². The molecular weight excluding hydrogens is 618 g/mol. The number of hydrogen-bond acceptors (Lipinski definition) is 7. The highest BCUT2D eigenvalue weighted by atomic mass is 79.9. The predicted octanol–water partition coefficient (Wildman–Crippen LogP) is 6.46. The summed E-state index contributed by atoms with van der Waals surface area (Å²) in [5.74, 6) is 3.17. The highest BCUT2D eigenvalue weighted by molar-refractivity contribution is 9.10. The molecule has 3 aromatic carbocycles. The van der Waals surface area contributed by atoms with E-state index in [0.29, 0.717) is 58.1 Å².